The van der Waals surface area contributed by atoms with Gasteiger partial charge in [-0.25, -0.2) is 9.97 Å². The Labute approximate surface area is 101 Å². The fraction of sp³-hybridized carbons (Fsp3) is 0.182. The standard InChI is InChI=1S/C11H9F3N4/c1-15-10-17-8(7-4-2-3-5-16-7)6-9(18-10)11(12,13)14/h2-6H,1H3,(H,15,17,18). The van der Waals surface area contributed by atoms with Crippen LogP contribution in [0.5, 0.6) is 0 Å². The lowest BCUT2D eigenvalue weighted by atomic mass is 10.2. The van der Waals surface area contributed by atoms with Crippen molar-refractivity contribution in [3.63, 3.8) is 0 Å². The molecule has 0 aliphatic heterocycles. The van der Waals surface area contributed by atoms with E-state index in [4.69, 9.17) is 0 Å². The van der Waals surface area contributed by atoms with Gasteiger partial charge in [0.15, 0.2) is 5.69 Å². The average Bonchev–Trinajstić information content (AvgIpc) is 2.38. The molecule has 0 unspecified atom stereocenters. The number of halogens is 3. The number of rotatable bonds is 2. The van der Waals surface area contributed by atoms with Crippen LogP contribution in [0.15, 0.2) is 30.5 Å². The van der Waals surface area contributed by atoms with E-state index in [9.17, 15) is 13.2 Å². The number of nitrogens with one attached hydrogen (secondary N) is 1. The molecule has 2 heterocycles. The molecule has 0 aliphatic carbocycles. The predicted octanol–water partition coefficient (Wildman–Crippen LogP) is 2.60. The van der Waals surface area contributed by atoms with E-state index in [2.05, 4.69) is 20.3 Å². The van der Waals surface area contributed by atoms with Gasteiger partial charge >= 0.3 is 6.18 Å². The molecule has 0 saturated heterocycles. The van der Waals surface area contributed by atoms with E-state index in [-0.39, 0.29) is 11.6 Å². The predicted molar refractivity (Wildman–Crippen MR) is 59.8 cm³/mol. The maximum absolute atomic E-state index is 12.7. The first-order chi connectivity index (χ1) is 8.50. The normalized spacial score (nSPS) is 11.3. The van der Waals surface area contributed by atoms with E-state index < -0.39 is 11.9 Å². The van der Waals surface area contributed by atoms with Gasteiger partial charge in [-0.1, -0.05) is 6.07 Å². The molecule has 0 saturated carbocycles. The number of anilines is 1. The zero-order valence-corrected chi connectivity index (χ0v) is 9.36. The highest BCUT2D eigenvalue weighted by molar-refractivity contribution is 5.56. The van der Waals surface area contributed by atoms with Crippen LogP contribution in [0.2, 0.25) is 0 Å². The molecule has 0 spiro atoms. The molecule has 7 heteroatoms. The highest BCUT2D eigenvalue weighted by atomic mass is 19.4. The number of aromatic nitrogens is 3. The van der Waals surface area contributed by atoms with Gasteiger partial charge in [0.2, 0.25) is 5.95 Å². The van der Waals surface area contributed by atoms with Crippen molar-refractivity contribution in [1.29, 1.82) is 0 Å². The molecule has 94 valence electrons. The SMILES string of the molecule is CNc1nc(-c2ccccn2)cc(C(F)(F)F)n1. The van der Waals surface area contributed by atoms with Crippen molar-refractivity contribution in [2.24, 2.45) is 0 Å². The first-order valence-electron chi connectivity index (χ1n) is 5.06. The highest BCUT2D eigenvalue weighted by Crippen LogP contribution is 2.30. The van der Waals surface area contributed by atoms with Gasteiger partial charge in [0.1, 0.15) is 0 Å². The molecule has 0 amide bonds. The van der Waals surface area contributed by atoms with Gasteiger partial charge < -0.3 is 5.32 Å². The van der Waals surface area contributed by atoms with Crippen molar-refractivity contribution >= 4 is 5.95 Å². The highest BCUT2D eigenvalue weighted by Gasteiger charge is 2.33. The first-order valence-corrected chi connectivity index (χ1v) is 5.06. The van der Waals surface area contributed by atoms with Crippen LogP contribution in [-0.2, 0) is 6.18 Å². The summed E-state index contributed by atoms with van der Waals surface area (Å²) >= 11 is 0. The summed E-state index contributed by atoms with van der Waals surface area (Å²) in [4.78, 5) is 11.3. The Kier molecular flexibility index (Phi) is 3.14. The van der Waals surface area contributed by atoms with Gasteiger partial charge in [-0.05, 0) is 18.2 Å². The summed E-state index contributed by atoms with van der Waals surface area (Å²) in [6.45, 7) is 0. The summed E-state index contributed by atoms with van der Waals surface area (Å²) in [6.07, 6.45) is -3.03. The molecule has 0 bridgehead atoms. The van der Waals surface area contributed by atoms with E-state index in [0.29, 0.717) is 5.69 Å². The van der Waals surface area contributed by atoms with Crippen molar-refractivity contribution in [2.75, 3.05) is 12.4 Å². The van der Waals surface area contributed by atoms with E-state index >= 15 is 0 Å². The molecule has 18 heavy (non-hydrogen) atoms. The van der Waals surface area contributed by atoms with Crippen molar-refractivity contribution in [1.82, 2.24) is 15.0 Å². The van der Waals surface area contributed by atoms with Crippen LogP contribution in [0, 0.1) is 0 Å². The summed E-state index contributed by atoms with van der Waals surface area (Å²) in [5.74, 6) is -0.0921. The van der Waals surface area contributed by atoms with Crippen LogP contribution in [0.25, 0.3) is 11.4 Å². The Morgan fingerprint density at radius 2 is 1.89 bits per heavy atom. The minimum atomic E-state index is -4.52. The lowest BCUT2D eigenvalue weighted by molar-refractivity contribution is -0.141. The second-order valence-electron chi connectivity index (χ2n) is 3.42. The quantitative estimate of drug-likeness (QED) is 0.895. The fourth-order valence-electron chi connectivity index (χ4n) is 1.35. The lowest BCUT2D eigenvalue weighted by Crippen LogP contribution is -2.11. The summed E-state index contributed by atoms with van der Waals surface area (Å²) < 4.78 is 38.0. The van der Waals surface area contributed by atoms with Crippen LogP contribution in [0.4, 0.5) is 19.1 Å². The van der Waals surface area contributed by atoms with Crippen LogP contribution < -0.4 is 5.32 Å². The van der Waals surface area contributed by atoms with Gasteiger partial charge in [-0.2, -0.15) is 13.2 Å². The fourth-order valence-corrected chi connectivity index (χ4v) is 1.35. The van der Waals surface area contributed by atoms with Crippen molar-refractivity contribution in [3.05, 3.63) is 36.2 Å². The average molecular weight is 254 g/mol. The zero-order chi connectivity index (χ0) is 13.2. The topological polar surface area (TPSA) is 50.7 Å². The maximum Gasteiger partial charge on any atom is 0.433 e. The summed E-state index contributed by atoms with van der Waals surface area (Å²) in [5.41, 5.74) is -0.508. The second-order valence-corrected chi connectivity index (χ2v) is 3.42. The van der Waals surface area contributed by atoms with Crippen LogP contribution >= 0.6 is 0 Å². The molecule has 0 aliphatic rings. The van der Waals surface area contributed by atoms with Gasteiger partial charge in [-0.3, -0.25) is 4.98 Å². The Morgan fingerprint density at radius 1 is 1.11 bits per heavy atom. The Hall–Kier alpha value is -2.18. The zero-order valence-electron chi connectivity index (χ0n) is 9.36. The van der Waals surface area contributed by atoms with E-state index in [1.807, 2.05) is 0 Å². The third-order valence-corrected chi connectivity index (χ3v) is 2.17. The van der Waals surface area contributed by atoms with Gasteiger partial charge in [0, 0.05) is 13.2 Å². The maximum atomic E-state index is 12.7. The summed E-state index contributed by atoms with van der Waals surface area (Å²) in [7, 11) is 1.46. The minimum absolute atomic E-state index is 0.0921. The van der Waals surface area contributed by atoms with Crippen LogP contribution in [0.1, 0.15) is 5.69 Å². The Balaban J connectivity index is 2.55. The molecule has 2 aromatic heterocycles. The Bertz CT molecular complexity index is 540. The molecule has 0 radical (unpaired) electrons. The molecule has 1 N–H and O–H groups in total. The molecular weight excluding hydrogens is 245 g/mol. The number of alkyl halides is 3. The third-order valence-electron chi connectivity index (χ3n) is 2.17. The lowest BCUT2D eigenvalue weighted by Gasteiger charge is -2.09. The Morgan fingerprint density at radius 3 is 2.44 bits per heavy atom. The monoisotopic (exact) mass is 254 g/mol. The largest absolute Gasteiger partial charge is 0.433 e. The van der Waals surface area contributed by atoms with Gasteiger partial charge in [0.25, 0.3) is 0 Å². The van der Waals surface area contributed by atoms with Crippen molar-refractivity contribution in [2.45, 2.75) is 6.18 Å². The second kappa shape index (κ2) is 4.59. The van der Waals surface area contributed by atoms with Crippen molar-refractivity contribution in [3.8, 4) is 11.4 Å². The summed E-state index contributed by atoms with van der Waals surface area (Å²) in [5, 5.41) is 2.50. The first kappa shape index (κ1) is 12.3. The molecule has 2 rings (SSSR count). The van der Waals surface area contributed by atoms with Crippen LogP contribution in [0.3, 0.4) is 0 Å². The molecule has 4 nitrogen and oxygen atoms in total. The van der Waals surface area contributed by atoms with Crippen LogP contribution in [-0.4, -0.2) is 22.0 Å². The molecule has 2 aromatic rings. The van der Waals surface area contributed by atoms with E-state index in [0.717, 1.165) is 6.07 Å². The van der Waals surface area contributed by atoms with Gasteiger partial charge in [0.05, 0.1) is 11.4 Å². The number of hydrogen-bond donors (Lipinski definition) is 1. The smallest absolute Gasteiger partial charge is 0.357 e. The third kappa shape index (κ3) is 2.55. The minimum Gasteiger partial charge on any atom is -0.357 e. The number of nitrogens with zero attached hydrogens (tertiary/aromatic N) is 3. The van der Waals surface area contributed by atoms with E-state index in [1.165, 1.54) is 13.2 Å². The summed E-state index contributed by atoms with van der Waals surface area (Å²) in [6, 6.07) is 5.82. The molecule has 0 aromatic carbocycles. The number of hydrogen-bond acceptors (Lipinski definition) is 4. The van der Waals surface area contributed by atoms with Crippen molar-refractivity contribution < 1.29 is 13.2 Å². The molecule has 0 atom stereocenters. The molecule has 0 fully saturated rings. The van der Waals surface area contributed by atoms with Gasteiger partial charge in [-0.15, -0.1) is 0 Å². The molecular formula is C11H9F3N4. The van der Waals surface area contributed by atoms with E-state index in [1.54, 1.807) is 18.2 Å². The number of pyridine rings is 1.